The Labute approximate surface area is 88.2 Å². The lowest BCUT2D eigenvalue weighted by molar-refractivity contribution is 0.199. The molecule has 1 aromatic rings. The van der Waals surface area contributed by atoms with Gasteiger partial charge in [0.2, 0.25) is 0 Å². The molecule has 0 aromatic heterocycles. The summed E-state index contributed by atoms with van der Waals surface area (Å²) in [6.45, 7) is 0. The summed E-state index contributed by atoms with van der Waals surface area (Å²) >= 11 is 5.46. The molecule has 1 aromatic carbocycles. The summed E-state index contributed by atoms with van der Waals surface area (Å²) in [5, 5.41) is 9.48. The Bertz CT molecular complexity index is 414. The number of aliphatic hydroxyl groups excluding tert-OH is 1. The zero-order valence-electron chi connectivity index (χ0n) is 7.64. The van der Waals surface area contributed by atoms with Crippen LogP contribution in [0.25, 0.3) is 0 Å². The predicted molar refractivity (Wildman–Crippen MR) is 55.2 cm³/mol. The van der Waals surface area contributed by atoms with Gasteiger partial charge in [-0.3, -0.25) is 0 Å². The molecule has 1 N–H and O–H groups in total. The second-order valence-electron chi connectivity index (χ2n) is 2.98. The van der Waals surface area contributed by atoms with Crippen LogP contribution in [0.4, 0.5) is 0 Å². The van der Waals surface area contributed by atoms with Crippen LogP contribution >= 0.6 is 11.6 Å². The van der Waals surface area contributed by atoms with Crippen molar-refractivity contribution in [2.24, 2.45) is 0 Å². The fraction of sp³-hybridized carbons (Fsp3) is 0.333. The predicted octanol–water partition coefficient (Wildman–Crippen LogP) is 1.36. The summed E-state index contributed by atoms with van der Waals surface area (Å²) in [6.07, 6.45) is 0.162. The zero-order valence-corrected chi connectivity index (χ0v) is 9.22. The lowest BCUT2D eigenvalue weighted by Crippen LogP contribution is -2.07. The molecule has 0 radical (unpaired) electrons. The standard InChI is InChI=1S/C9H11ClO3S/c1-14(12,13)9-5-3-2-4-7(9)8(11)6-10/h2-5,8,11H,6H2,1H3. The van der Waals surface area contributed by atoms with Crippen molar-refractivity contribution in [2.45, 2.75) is 11.0 Å². The van der Waals surface area contributed by atoms with Gasteiger partial charge in [0.15, 0.2) is 9.84 Å². The molecule has 0 saturated heterocycles. The van der Waals surface area contributed by atoms with Gasteiger partial charge in [-0.15, -0.1) is 11.6 Å². The smallest absolute Gasteiger partial charge is 0.175 e. The van der Waals surface area contributed by atoms with Crippen LogP contribution < -0.4 is 0 Å². The van der Waals surface area contributed by atoms with Crippen LogP contribution in [0.3, 0.4) is 0 Å². The molecular weight excluding hydrogens is 224 g/mol. The first-order valence-electron chi connectivity index (χ1n) is 4.00. The molecule has 0 aliphatic heterocycles. The van der Waals surface area contributed by atoms with Gasteiger partial charge in [-0.25, -0.2) is 8.42 Å². The van der Waals surface area contributed by atoms with E-state index in [1.807, 2.05) is 0 Å². The maximum Gasteiger partial charge on any atom is 0.175 e. The average molecular weight is 235 g/mol. The summed E-state index contributed by atoms with van der Waals surface area (Å²) in [4.78, 5) is 0.133. The lowest BCUT2D eigenvalue weighted by Gasteiger charge is -2.11. The van der Waals surface area contributed by atoms with Crippen LogP contribution in [-0.4, -0.2) is 25.7 Å². The molecule has 3 nitrogen and oxygen atoms in total. The second kappa shape index (κ2) is 4.29. The number of benzene rings is 1. The van der Waals surface area contributed by atoms with Crippen molar-refractivity contribution in [3.05, 3.63) is 29.8 Å². The van der Waals surface area contributed by atoms with E-state index in [-0.39, 0.29) is 10.8 Å². The summed E-state index contributed by atoms with van der Waals surface area (Å²) in [5.74, 6) is -0.0213. The number of rotatable bonds is 3. The average Bonchev–Trinajstić information content (AvgIpc) is 2.15. The van der Waals surface area contributed by atoms with E-state index in [4.69, 9.17) is 11.6 Å². The number of aliphatic hydroxyl groups is 1. The molecule has 0 spiro atoms. The van der Waals surface area contributed by atoms with Gasteiger partial charge in [0.05, 0.1) is 16.9 Å². The van der Waals surface area contributed by atoms with Crippen LogP contribution in [0.5, 0.6) is 0 Å². The van der Waals surface area contributed by atoms with Gasteiger partial charge in [0.25, 0.3) is 0 Å². The highest BCUT2D eigenvalue weighted by Crippen LogP contribution is 2.22. The molecule has 0 heterocycles. The van der Waals surface area contributed by atoms with E-state index in [0.29, 0.717) is 5.56 Å². The monoisotopic (exact) mass is 234 g/mol. The summed E-state index contributed by atoms with van der Waals surface area (Å²) in [7, 11) is -3.31. The van der Waals surface area contributed by atoms with Crippen molar-refractivity contribution in [1.82, 2.24) is 0 Å². The van der Waals surface area contributed by atoms with E-state index in [1.165, 1.54) is 6.07 Å². The minimum atomic E-state index is -3.31. The molecule has 0 amide bonds. The van der Waals surface area contributed by atoms with Crippen LogP contribution in [0.2, 0.25) is 0 Å². The molecule has 0 aliphatic carbocycles. The molecule has 0 aliphatic rings. The molecule has 1 atom stereocenters. The number of hydrogen-bond donors (Lipinski definition) is 1. The maximum absolute atomic E-state index is 11.3. The molecule has 5 heteroatoms. The van der Waals surface area contributed by atoms with E-state index in [1.54, 1.807) is 18.2 Å². The van der Waals surface area contributed by atoms with E-state index in [2.05, 4.69) is 0 Å². The largest absolute Gasteiger partial charge is 0.387 e. The van der Waals surface area contributed by atoms with Gasteiger partial charge in [-0.05, 0) is 6.07 Å². The third kappa shape index (κ3) is 2.47. The highest BCUT2D eigenvalue weighted by atomic mass is 35.5. The fourth-order valence-corrected chi connectivity index (χ4v) is 2.30. The maximum atomic E-state index is 11.3. The minimum Gasteiger partial charge on any atom is -0.387 e. The molecule has 1 rings (SSSR count). The molecule has 1 unspecified atom stereocenters. The number of sulfone groups is 1. The highest BCUT2D eigenvalue weighted by molar-refractivity contribution is 7.90. The number of alkyl halides is 1. The summed E-state index contributed by atoms with van der Waals surface area (Å²) in [5.41, 5.74) is 0.352. The van der Waals surface area contributed by atoms with Crippen molar-refractivity contribution in [1.29, 1.82) is 0 Å². The van der Waals surface area contributed by atoms with Gasteiger partial charge in [-0.1, -0.05) is 18.2 Å². The Kier molecular flexibility index (Phi) is 3.53. The van der Waals surface area contributed by atoms with Crippen LogP contribution in [-0.2, 0) is 9.84 Å². The molecular formula is C9H11ClO3S. The topological polar surface area (TPSA) is 54.4 Å². The minimum absolute atomic E-state index is 0.0213. The van der Waals surface area contributed by atoms with Crippen molar-refractivity contribution in [3.8, 4) is 0 Å². The summed E-state index contributed by atoms with van der Waals surface area (Å²) in [6, 6.07) is 6.30. The first-order valence-corrected chi connectivity index (χ1v) is 6.42. The van der Waals surface area contributed by atoms with Gasteiger partial charge >= 0.3 is 0 Å². The SMILES string of the molecule is CS(=O)(=O)c1ccccc1C(O)CCl. The third-order valence-electron chi connectivity index (χ3n) is 1.82. The van der Waals surface area contributed by atoms with E-state index in [9.17, 15) is 13.5 Å². The molecule has 14 heavy (non-hydrogen) atoms. The number of hydrogen-bond acceptors (Lipinski definition) is 3. The second-order valence-corrected chi connectivity index (χ2v) is 5.27. The Hall–Kier alpha value is -0.580. The normalized spacial score (nSPS) is 13.9. The lowest BCUT2D eigenvalue weighted by atomic mass is 10.1. The van der Waals surface area contributed by atoms with E-state index >= 15 is 0 Å². The Balaban J connectivity index is 3.30. The van der Waals surface area contributed by atoms with Crippen molar-refractivity contribution in [3.63, 3.8) is 0 Å². The van der Waals surface area contributed by atoms with Crippen LogP contribution in [0.15, 0.2) is 29.2 Å². The first kappa shape index (κ1) is 11.5. The quantitative estimate of drug-likeness (QED) is 0.804. The molecule has 0 saturated carbocycles. The highest BCUT2D eigenvalue weighted by Gasteiger charge is 2.17. The van der Waals surface area contributed by atoms with Crippen molar-refractivity contribution in [2.75, 3.05) is 12.1 Å². The van der Waals surface area contributed by atoms with Crippen LogP contribution in [0.1, 0.15) is 11.7 Å². The van der Waals surface area contributed by atoms with Crippen molar-refractivity contribution >= 4 is 21.4 Å². The van der Waals surface area contributed by atoms with Gasteiger partial charge in [0.1, 0.15) is 0 Å². The Morgan fingerprint density at radius 3 is 2.50 bits per heavy atom. The van der Waals surface area contributed by atoms with Crippen LogP contribution in [0, 0.1) is 0 Å². The fourth-order valence-electron chi connectivity index (χ4n) is 1.18. The first-order chi connectivity index (χ1) is 6.46. The van der Waals surface area contributed by atoms with Crippen molar-refractivity contribution < 1.29 is 13.5 Å². The van der Waals surface area contributed by atoms with E-state index < -0.39 is 15.9 Å². The van der Waals surface area contributed by atoms with Gasteiger partial charge < -0.3 is 5.11 Å². The van der Waals surface area contributed by atoms with Gasteiger partial charge in [0, 0.05) is 11.8 Å². The zero-order chi connectivity index (χ0) is 10.8. The number of halogens is 1. The third-order valence-corrected chi connectivity index (χ3v) is 3.29. The molecule has 78 valence electrons. The molecule has 0 fully saturated rings. The van der Waals surface area contributed by atoms with Gasteiger partial charge in [-0.2, -0.15) is 0 Å². The Morgan fingerprint density at radius 1 is 1.43 bits per heavy atom. The Morgan fingerprint density at radius 2 is 2.00 bits per heavy atom. The van der Waals surface area contributed by atoms with E-state index in [0.717, 1.165) is 6.26 Å². The summed E-state index contributed by atoms with van der Waals surface area (Å²) < 4.78 is 22.6. The molecule has 0 bridgehead atoms.